The SMILES string of the molecule is CC(C)C(CNCc1ccc(Cl)s1)N1CCCC1. The van der Waals surface area contributed by atoms with Crippen LogP contribution in [0.25, 0.3) is 0 Å². The van der Waals surface area contributed by atoms with Gasteiger partial charge in [-0.25, -0.2) is 0 Å². The van der Waals surface area contributed by atoms with Gasteiger partial charge >= 0.3 is 0 Å². The van der Waals surface area contributed by atoms with Gasteiger partial charge in [0.25, 0.3) is 0 Å². The van der Waals surface area contributed by atoms with Gasteiger partial charge in [-0.15, -0.1) is 11.3 Å². The number of nitrogens with one attached hydrogen (secondary N) is 1. The zero-order chi connectivity index (χ0) is 13.0. The van der Waals surface area contributed by atoms with E-state index in [1.54, 1.807) is 11.3 Å². The van der Waals surface area contributed by atoms with Gasteiger partial charge in [0.1, 0.15) is 0 Å². The highest BCUT2D eigenvalue weighted by Crippen LogP contribution is 2.21. The molecule has 1 atom stereocenters. The van der Waals surface area contributed by atoms with Gasteiger partial charge in [-0.3, -0.25) is 4.90 Å². The van der Waals surface area contributed by atoms with Crippen molar-refractivity contribution in [1.29, 1.82) is 0 Å². The van der Waals surface area contributed by atoms with E-state index in [1.807, 2.05) is 6.07 Å². The van der Waals surface area contributed by atoms with Crippen LogP contribution in [0.1, 0.15) is 31.6 Å². The van der Waals surface area contributed by atoms with E-state index >= 15 is 0 Å². The molecule has 18 heavy (non-hydrogen) atoms. The van der Waals surface area contributed by atoms with Crippen LogP contribution in [0.4, 0.5) is 0 Å². The third kappa shape index (κ3) is 3.95. The molecule has 1 N–H and O–H groups in total. The highest BCUT2D eigenvalue weighted by atomic mass is 35.5. The molecule has 1 unspecified atom stereocenters. The van der Waals surface area contributed by atoms with Crippen molar-refractivity contribution in [3.8, 4) is 0 Å². The van der Waals surface area contributed by atoms with E-state index in [4.69, 9.17) is 11.6 Å². The molecule has 1 aromatic rings. The van der Waals surface area contributed by atoms with Crippen LogP contribution < -0.4 is 5.32 Å². The monoisotopic (exact) mass is 286 g/mol. The van der Waals surface area contributed by atoms with Crippen LogP contribution in [-0.4, -0.2) is 30.6 Å². The molecule has 1 fully saturated rings. The maximum atomic E-state index is 5.94. The molecule has 0 radical (unpaired) electrons. The predicted octanol–water partition coefficient (Wildman–Crippen LogP) is 3.61. The van der Waals surface area contributed by atoms with Gasteiger partial charge < -0.3 is 5.32 Å². The van der Waals surface area contributed by atoms with E-state index in [1.165, 1.54) is 30.8 Å². The van der Waals surface area contributed by atoms with Crippen molar-refractivity contribution in [3.05, 3.63) is 21.3 Å². The van der Waals surface area contributed by atoms with E-state index in [-0.39, 0.29) is 0 Å². The molecule has 0 spiro atoms. The summed E-state index contributed by atoms with van der Waals surface area (Å²) < 4.78 is 0.881. The van der Waals surface area contributed by atoms with E-state index in [0.29, 0.717) is 12.0 Å². The Morgan fingerprint density at radius 3 is 2.61 bits per heavy atom. The minimum atomic E-state index is 0.669. The summed E-state index contributed by atoms with van der Waals surface area (Å²) in [5.41, 5.74) is 0. The summed E-state index contributed by atoms with van der Waals surface area (Å²) in [6.07, 6.45) is 2.73. The van der Waals surface area contributed by atoms with E-state index in [0.717, 1.165) is 17.4 Å². The summed E-state index contributed by atoms with van der Waals surface area (Å²) in [5, 5.41) is 3.58. The number of hydrogen-bond acceptors (Lipinski definition) is 3. The predicted molar refractivity (Wildman–Crippen MR) is 80.5 cm³/mol. The van der Waals surface area contributed by atoms with Gasteiger partial charge in [0.2, 0.25) is 0 Å². The van der Waals surface area contributed by atoms with Gasteiger partial charge in [-0.2, -0.15) is 0 Å². The molecule has 1 saturated heterocycles. The Bertz CT molecular complexity index is 358. The second-order valence-electron chi connectivity index (χ2n) is 5.39. The van der Waals surface area contributed by atoms with Gasteiger partial charge in [0.15, 0.2) is 0 Å². The Hall–Kier alpha value is -0.0900. The lowest BCUT2D eigenvalue weighted by atomic mass is 10.0. The van der Waals surface area contributed by atoms with Crippen LogP contribution in [0, 0.1) is 5.92 Å². The molecule has 2 heterocycles. The van der Waals surface area contributed by atoms with Crippen molar-refractivity contribution < 1.29 is 0 Å². The minimum absolute atomic E-state index is 0.669. The Labute approximate surface area is 119 Å². The Kier molecular flexibility index (Phi) is 5.49. The van der Waals surface area contributed by atoms with Gasteiger partial charge in [0.05, 0.1) is 4.34 Å². The highest BCUT2D eigenvalue weighted by molar-refractivity contribution is 7.16. The molecule has 2 rings (SSSR count). The van der Waals surface area contributed by atoms with E-state index in [9.17, 15) is 0 Å². The molecule has 1 aliphatic heterocycles. The highest BCUT2D eigenvalue weighted by Gasteiger charge is 2.23. The summed E-state index contributed by atoms with van der Waals surface area (Å²) in [6.45, 7) is 9.21. The van der Waals surface area contributed by atoms with Crippen molar-refractivity contribution in [2.24, 2.45) is 5.92 Å². The molecule has 0 aliphatic carbocycles. The van der Waals surface area contributed by atoms with Crippen molar-refractivity contribution in [3.63, 3.8) is 0 Å². The van der Waals surface area contributed by atoms with Crippen LogP contribution in [0.5, 0.6) is 0 Å². The first-order valence-electron chi connectivity index (χ1n) is 6.86. The fourth-order valence-corrected chi connectivity index (χ4v) is 3.71. The molecule has 0 amide bonds. The number of thiophene rings is 1. The second kappa shape index (κ2) is 6.90. The molecular weight excluding hydrogens is 264 g/mol. The molecule has 0 saturated carbocycles. The average Bonchev–Trinajstić information content (AvgIpc) is 2.95. The lowest BCUT2D eigenvalue weighted by molar-refractivity contribution is 0.186. The summed E-state index contributed by atoms with van der Waals surface area (Å²) in [6, 6.07) is 4.76. The summed E-state index contributed by atoms with van der Waals surface area (Å²) in [4.78, 5) is 3.96. The lowest BCUT2D eigenvalue weighted by Gasteiger charge is -2.31. The first kappa shape index (κ1) is 14.3. The zero-order valence-electron chi connectivity index (χ0n) is 11.3. The topological polar surface area (TPSA) is 15.3 Å². The molecule has 102 valence electrons. The molecule has 1 aliphatic rings. The van der Waals surface area contributed by atoms with Crippen molar-refractivity contribution >= 4 is 22.9 Å². The van der Waals surface area contributed by atoms with Crippen LogP contribution in [0.15, 0.2) is 12.1 Å². The lowest BCUT2D eigenvalue weighted by Crippen LogP contribution is -2.43. The molecular formula is C14H23ClN2S. The second-order valence-corrected chi connectivity index (χ2v) is 7.19. The van der Waals surface area contributed by atoms with Crippen molar-refractivity contribution in [2.45, 2.75) is 39.3 Å². The van der Waals surface area contributed by atoms with E-state index in [2.05, 4.69) is 30.1 Å². The van der Waals surface area contributed by atoms with Gasteiger partial charge in [-0.1, -0.05) is 25.4 Å². The third-order valence-corrected chi connectivity index (χ3v) is 4.89. The molecule has 0 bridgehead atoms. The van der Waals surface area contributed by atoms with Crippen LogP contribution in [-0.2, 0) is 6.54 Å². The minimum Gasteiger partial charge on any atom is -0.310 e. The zero-order valence-corrected chi connectivity index (χ0v) is 12.9. The Morgan fingerprint density at radius 1 is 1.33 bits per heavy atom. The standard InChI is InChI=1S/C14H23ClN2S/c1-11(2)13(17-7-3-4-8-17)10-16-9-12-5-6-14(15)18-12/h5-6,11,13,16H,3-4,7-10H2,1-2H3. The maximum absolute atomic E-state index is 5.94. The van der Waals surface area contributed by atoms with Gasteiger partial charge in [0, 0.05) is 24.0 Å². The van der Waals surface area contributed by atoms with Crippen LogP contribution >= 0.6 is 22.9 Å². The fraction of sp³-hybridized carbons (Fsp3) is 0.714. The number of likely N-dealkylation sites (tertiary alicyclic amines) is 1. The molecule has 0 aromatic carbocycles. The van der Waals surface area contributed by atoms with Gasteiger partial charge in [-0.05, 0) is 44.0 Å². The fourth-order valence-electron chi connectivity index (χ4n) is 2.65. The molecule has 4 heteroatoms. The van der Waals surface area contributed by atoms with E-state index < -0.39 is 0 Å². The quantitative estimate of drug-likeness (QED) is 0.859. The first-order chi connectivity index (χ1) is 8.66. The average molecular weight is 287 g/mol. The number of hydrogen-bond donors (Lipinski definition) is 1. The van der Waals surface area contributed by atoms with Crippen molar-refractivity contribution in [1.82, 2.24) is 10.2 Å². The normalized spacial score (nSPS) is 18.7. The Morgan fingerprint density at radius 2 is 2.06 bits per heavy atom. The summed E-state index contributed by atoms with van der Waals surface area (Å²) in [5.74, 6) is 0.711. The maximum Gasteiger partial charge on any atom is 0.0931 e. The molecule has 1 aromatic heterocycles. The third-order valence-electron chi connectivity index (χ3n) is 3.66. The largest absolute Gasteiger partial charge is 0.310 e. The van der Waals surface area contributed by atoms with Crippen LogP contribution in [0.3, 0.4) is 0 Å². The Balaban J connectivity index is 1.78. The van der Waals surface area contributed by atoms with Crippen LogP contribution in [0.2, 0.25) is 4.34 Å². The number of halogens is 1. The summed E-state index contributed by atoms with van der Waals surface area (Å²) in [7, 11) is 0. The smallest absolute Gasteiger partial charge is 0.0931 e. The number of rotatable bonds is 6. The number of nitrogens with zero attached hydrogens (tertiary/aromatic N) is 1. The molecule has 2 nitrogen and oxygen atoms in total. The van der Waals surface area contributed by atoms with Crippen molar-refractivity contribution in [2.75, 3.05) is 19.6 Å². The first-order valence-corrected chi connectivity index (χ1v) is 8.05. The summed E-state index contributed by atoms with van der Waals surface area (Å²) >= 11 is 7.61.